The van der Waals surface area contributed by atoms with Crippen LogP contribution in [0.15, 0.2) is 24.3 Å². The molecular formula is C32H54N2O11P+. The van der Waals surface area contributed by atoms with Crippen molar-refractivity contribution >= 4 is 31.2 Å². The molecule has 46 heavy (non-hydrogen) atoms. The fourth-order valence-corrected chi connectivity index (χ4v) is 5.94. The number of nitro groups is 1. The van der Waals surface area contributed by atoms with Crippen molar-refractivity contribution in [1.29, 1.82) is 0 Å². The summed E-state index contributed by atoms with van der Waals surface area (Å²) < 4.78 is 33.7. The fourth-order valence-electron chi connectivity index (χ4n) is 5.25. The van der Waals surface area contributed by atoms with Gasteiger partial charge in [-0.2, -0.15) is 0 Å². The number of nitrogens with zero attached hydrogens (tertiary/aromatic N) is 2. The lowest BCUT2D eigenvalue weighted by atomic mass is 9.64. The van der Waals surface area contributed by atoms with Gasteiger partial charge in [-0.1, -0.05) is 34.1 Å². The van der Waals surface area contributed by atoms with Gasteiger partial charge in [0, 0.05) is 24.1 Å². The van der Waals surface area contributed by atoms with Gasteiger partial charge < -0.3 is 18.9 Å². The van der Waals surface area contributed by atoms with E-state index < -0.39 is 40.9 Å². The third-order valence-corrected chi connectivity index (χ3v) is 8.79. The minimum Gasteiger partial charge on any atom is -0.465 e. The van der Waals surface area contributed by atoms with Gasteiger partial charge in [0.15, 0.2) is 5.78 Å². The van der Waals surface area contributed by atoms with E-state index in [1.165, 1.54) is 24.3 Å². The molecule has 0 heterocycles. The molecule has 0 aromatic heterocycles. The molecule has 0 bridgehead atoms. The largest absolute Gasteiger partial charge is 0.472 e. The molecule has 0 saturated carbocycles. The second kappa shape index (κ2) is 17.5. The Labute approximate surface area is 273 Å². The molecule has 1 aromatic rings. The highest BCUT2D eigenvalue weighted by Gasteiger charge is 2.48. The van der Waals surface area contributed by atoms with Gasteiger partial charge in [-0.05, 0) is 57.1 Å². The average Bonchev–Trinajstić information content (AvgIpc) is 2.93. The number of phosphoric acid groups is 1. The maximum absolute atomic E-state index is 13.6. The molecule has 0 fully saturated rings. The van der Waals surface area contributed by atoms with Crippen LogP contribution in [-0.4, -0.2) is 86.1 Å². The van der Waals surface area contributed by atoms with Crippen molar-refractivity contribution in [2.75, 3.05) is 54.1 Å². The Balaban J connectivity index is 3.04. The molecule has 262 valence electrons. The van der Waals surface area contributed by atoms with Crippen molar-refractivity contribution < 1.29 is 51.8 Å². The van der Waals surface area contributed by atoms with Crippen molar-refractivity contribution in [3.63, 3.8) is 0 Å². The first-order valence-electron chi connectivity index (χ1n) is 15.6. The van der Waals surface area contributed by atoms with Gasteiger partial charge in [-0.25, -0.2) is 4.57 Å². The number of unbranched alkanes of at least 4 members (excludes halogenated alkanes) is 1. The number of hydrogen-bond donors (Lipinski definition) is 1. The average molecular weight is 674 g/mol. The molecule has 1 N–H and O–H groups in total. The molecule has 13 nitrogen and oxygen atoms in total. The first kappa shape index (κ1) is 41.3. The number of esters is 2. The van der Waals surface area contributed by atoms with E-state index in [-0.39, 0.29) is 57.2 Å². The summed E-state index contributed by atoms with van der Waals surface area (Å²) in [6.07, 6.45) is 2.12. The van der Waals surface area contributed by atoms with Gasteiger partial charge in [-0.3, -0.25) is 33.5 Å². The number of carbonyl (C=O) groups excluding carboxylic acids is 3. The monoisotopic (exact) mass is 673 g/mol. The predicted molar refractivity (Wildman–Crippen MR) is 173 cm³/mol. The lowest BCUT2D eigenvalue weighted by Gasteiger charge is -2.40. The lowest BCUT2D eigenvalue weighted by Crippen LogP contribution is -2.43. The molecule has 0 saturated heterocycles. The number of likely N-dealkylation sites (N-methyl/N-ethyl adjacent to an activating group) is 1. The lowest BCUT2D eigenvalue weighted by molar-refractivity contribution is -0.870. The molecule has 3 atom stereocenters. The first-order chi connectivity index (χ1) is 21.1. The summed E-state index contributed by atoms with van der Waals surface area (Å²) in [5.41, 5.74) is -2.85. The molecule has 0 radical (unpaired) electrons. The van der Waals surface area contributed by atoms with E-state index in [0.717, 1.165) is 6.42 Å². The quantitative estimate of drug-likeness (QED) is 0.0286. The van der Waals surface area contributed by atoms with E-state index >= 15 is 0 Å². The van der Waals surface area contributed by atoms with Crippen LogP contribution in [-0.2, 0) is 32.7 Å². The summed E-state index contributed by atoms with van der Waals surface area (Å²) in [5, 5.41) is 11.0. The van der Waals surface area contributed by atoms with Gasteiger partial charge in [0.05, 0.1) is 50.1 Å². The summed E-state index contributed by atoms with van der Waals surface area (Å²) in [6.45, 7) is 10.9. The Hall–Kier alpha value is -2.70. The summed E-state index contributed by atoms with van der Waals surface area (Å²) in [5.74, 6) is -1.33. The fraction of sp³-hybridized carbons (Fsp3) is 0.719. The maximum Gasteiger partial charge on any atom is 0.472 e. The van der Waals surface area contributed by atoms with Crippen molar-refractivity contribution in [2.45, 2.75) is 80.1 Å². The third-order valence-electron chi connectivity index (χ3n) is 7.77. The van der Waals surface area contributed by atoms with E-state index in [1.54, 1.807) is 20.8 Å². The summed E-state index contributed by atoms with van der Waals surface area (Å²) in [6, 6.07) is 5.38. The third kappa shape index (κ3) is 14.4. The van der Waals surface area contributed by atoms with Crippen LogP contribution < -0.4 is 0 Å². The molecule has 0 aliphatic carbocycles. The summed E-state index contributed by atoms with van der Waals surface area (Å²) >= 11 is 0. The van der Waals surface area contributed by atoms with Gasteiger partial charge in [0.1, 0.15) is 19.8 Å². The standard InChI is InChI=1S/C32H53N2O11P/c1-10-12-18-42-29(37)32(6,23-30(3,4)22-27(35)25-13-15-26(16-14-25)33(38)39)24-31(5,11-2)28(36)43-20-21-45-46(40,41)44-19-17-34(7,8)9/h13-16H,10-12,17-24H2,1-9H3/p+1. The Morgan fingerprint density at radius 1 is 0.870 bits per heavy atom. The van der Waals surface area contributed by atoms with Crippen molar-refractivity contribution in [2.24, 2.45) is 16.2 Å². The number of nitro benzene ring substituents is 1. The van der Waals surface area contributed by atoms with E-state index in [1.807, 2.05) is 41.9 Å². The number of Topliss-reactive ketones (excluding diaryl/α,β-unsaturated/α-hetero) is 1. The zero-order valence-electron chi connectivity index (χ0n) is 29.0. The molecule has 0 aliphatic heterocycles. The number of rotatable bonds is 22. The van der Waals surface area contributed by atoms with E-state index in [2.05, 4.69) is 0 Å². The molecule has 0 amide bonds. The minimum absolute atomic E-state index is 0.00767. The highest BCUT2D eigenvalue weighted by molar-refractivity contribution is 7.47. The van der Waals surface area contributed by atoms with Crippen LogP contribution >= 0.6 is 7.82 Å². The highest BCUT2D eigenvalue weighted by Crippen LogP contribution is 2.47. The smallest absolute Gasteiger partial charge is 0.465 e. The number of ether oxygens (including phenoxy) is 2. The van der Waals surface area contributed by atoms with Crippen molar-refractivity contribution in [1.82, 2.24) is 0 Å². The van der Waals surface area contributed by atoms with Crippen LogP contribution in [0.25, 0.3) is 0 Å². The number of ketones is 1. The van der Waals surface area contributed by atoms with Crippen LogP contribution in [0.1, 0.15) is 90.4 Å². The van der Waals surface area contributed by atoms with Crippen LogP contribution in [0.5, 0.6) is 0 Å². The normalized spacial score (nSPS) is 16.0. The molecule has 3 unspecified atom stereocenters. The first-order valence-corrected chi connectivity index (χ1v) is 17.1. The number of quaternary nitrogens is 1. The van der Waals surface area contributed by atoms with Gasteiger partial charge in [0.2, 0.25) is 0 Å². The zero-order chi connectivity index (χ0) is 35.4. The second-order valence-electron chi connectivity index (χ2n) is 14.2. The van der Waals surface area contributed by atoms with Crippen LogP contribution in [0.2, 0.25) is 0 Å². The molecule has 1 rings (SSSR count). The van der Waals surface area contributed by atoms with Gasteiger partial charge in [-0.15, -0.1) is 0 Å². The SMILES string of the molecule is CCCCOC(=O)C(C)(CC(C)(C)CC(=O)c1ccc([N+](=O)[O-])cc1)CC(C)(CC)C(=O)OCCOP(=O)(O)OCC[N+](C)(C)C. The number of hydrogen-bond acceptors (Lipinski definition) is 10. The second-order valence-corrected chi connectivity index (χ2v) is 15.6. The zero-order valence-corrected chi connectivity index (χ0v) is 29.9. The number of non-ortho nitro benzene ring substituents is 1. The van der Waals surface area contributed by atoms with E-state index in [4.69, 9.17) is 18.5 Å². The number of carbonyl (C=O) groups is 3. The van der Waals surface area contributed by atoms with Gasteiger partial charge >= 0.3 is 19.8 Å². The van der Waals surface area contributed by atoms with Crippen molar-refractivity contribution in [3.05, 3.63) is 39.9 Å². The minimum atomic E-state index is -4.33. The molecule has 14 heteroatoms. The van der Waals surface area contributed by atoms with Crippen LogP contribution in [0.4, 0.5) is 5.69 Å². The van der Waals surface area contributed by atoms with Crippen LogP contribution in [0.3, 0.4) is 0 Å². The Morgan fingerprint density at radius 3 is 1.93 bits per heavy atom. The van der Waals surface area contributed by atoms with Crippen LogP contribution in [0, 0.1) is 26.4 Å². The molecule has 0 aliphatic rings. The number of phosphoric ester groups is 1. The van der Waals surface area contributed by atoms with E-state index in [9.17, 15) is 34.0 Å². The summed E-state index contributed by atoms with van der Waals surface area (Å²) in [4.78, 5) is 60.5. The Morgan fingerprint density at radius 2 is 1.41 bits per heavy atom. The Kier molecular flexibility index (Phi) is 15.7. The van der Waals surface area contributed by atoms with Gasteiger partial charge in [0.25, 0.3) is 5.69 Å². The molecule has 0 spiro atoms. The Bertz CT molecular complexity index is 1230. The number of benzene rings is 1. The maximum atomic E-state index is 13.6. The molecule has 1 aromatic carbocycles. The van der Waals surface area contributed by atoms with Crippen molar-refractivity contribution in [3.8, 4) is 0 Å². The summed E-state index contributed by atoms with van der Waals surface area (Å²) in [7, 11) is 1.40. The van der Waals surface area contributed by atoms with E-state index in [0.29, 0.717) is 29.4 Å². The molecular weight excluding hydrogens is 619 g/mol. The predicted octanol–water partition coefficient (Wildman–Crippen LogP) is 6.12. The highest BCUT2D eigenvalue weighted by atomic mass is 31.2. The topological polar surface area (TPSA) is 169 Å².